The van der Waals surface area contributed by atoms with Crippen LogP contribution in [0.2, 0.25) is 0 Å². The van der Waals surface area contributed by atoms with Crippen LogP contribution in [0.15, 0.2) is 34.2 Å². The maximum absolute atomic E-state index is 5.78. The molecule has 0 unspecified atom stereocenters. The van der Waals surface area contributed by atoms with E-state index < -0.39 is 0 Å². The Kier molecular flexibility index (Phi) is 3.54. The zero-order chi connectivity index (χ0) is 12.4. The molecule has 0 atom stereocenters. The van der Waals surface area contributed by atoms with Crippen LogP contribution in [0, 0.1) is 13.8 Å². The zero-order valence-electron chi connectivity index (χ0n) is 10.4. The third-order valence-corrected chi connectivity index (χ3v) is 3.89. The summed E-state index contributed by atoms with van der Waals surface area (Å²) in [6, 6.07) is 8.46. The van der Waals surface area contributed by atoms with Crippen LogP contribution < -0.4 is 5.73 Å². The summed E-state index contributed by atoms with van der Waals surface area (Å²) in [5, 5.41) is 5.55. The van der Waals surface area contributed by atoms with E-state index in [1.807, 2.05) is 18.7 Å². The van der Waals surface area contributed by atoms with Gasteiger partial charge in [0.1, 0.15) is 5.03 Å². The highest BCUT2D eigenvalue weighted by Gasteiger charge is 2.12. The van der Waals surface area contributed by atoms with Crippen molar-refractivity contribution in [2.45, 2.75) is 30.3 Å². The molecule has 1 aromatic heterocycles. The Bertz CT molecular complexity index is 531. The van der Waals surface area contributed by atoms with Gasteiger partial charge in [-0.1, -0.05) is 29.5 Å². The third kappa shape index (κ3) is 2.53. The van der Waals surface area contributed by atoms with Crippen molar-refractivity contribution in [3.8, 4) is 0 Å². The molecule has 0 bridgehead atoms. The number of hydrogen-bond acceptors (Lipinski definition) is 3. The Morgan fingerprint density at radius 3 is 2.76 bits per heavy atom. The summed E-state index contributed by atoms with van der Waals surface area (Å²) in [5.41, 5.74) is 9.21. The van der Waals surface area contributed by atoms with E-state index in [9.17, 15) is 0 Å². The van der Waals surface area contributed by atoms with Crippen molar-refractivity contribution in [3.05, 3.63) is 41.1 Å². The summed E-state index contributed by atoms with van der Waals surface area (Å²) < 4.78 is 1.91. The number of nitrogens with zero attached hydrogens (tertiary/aromatic N) is 2. The molecule has 2 N–H and O–H groups in total. The summed E-state index contributed by atoms with van der Waals surface area (Å²) in [6.07, 6.45) is 0. The fourth-order valence-electron chi connectivity index (χ4n) is 1.83. The Balaban J connectivity index is 2.36. The maximum atomic E-state index is 5.78. The van der Waals surface area contributed by atoms with Gasteiger partial charge in [-0.25, -0.2) is 0 Å². The summed E-state index contributed by atoms with van der Waals surface area (Å²) in [4.78, 5) is 1.22. The van der Waals surface area contributed by atoms with E-state index >= 15 is 0 Å². The second-order valence-electron chi connectivity index (χ2n) is 4.12. The van der Waals surface area contributed by atoms with Crippen molar-refractivity contribution in [1.82, 2.24) is 9.78 Å². The molecular weight excluding hydrogens is 230 g/mol. The van der Waals surface area contributed by atoms with E-state index in [1.54, 1.807) is 11.8 Å². The van der Waals surface area contributed by atoms with Gasteiger partial charge in [0.15, 0.2) is 0 Å². The molecule has 0 aliphatic heterocycles. The SMILES string of the molecule is Cc1cccc(Sc2c(CN)c(C)nn2C)c1. The summed E-state index contributed by atoms with van der Waals surface area (Å²) >= 11 is 1.72. The Labute approximate surface area is 106 Å². The largest absolute Gasteiger partial charge is 0.326 e. The number of aromatic nitrogens is 2. The van der Waals surface area contributed by atoms with E-state index in [0.717, 1.165) is 16.3 Å². The molecule has 0 aliphatic carbocycles. The van der Waals surface area contributed by atoms with E-state index in [1.165, 1.54) is 10.5 Å². The van der Waals surface area contributed by atoms with Crippen LogP contribution in [-0.2, 0) is 13.6 Å². The number of nitrogens with two attached hydrogens (primary N) is 1. The first-order chi connectivity index (χ1) is 8.11. The van der Waals surface area contributed by atoms with Gasteiger partial charge in [-0.2, -0.15) is 5.10 Å². The van der Waals surface area contributed by atoms with Crippen LogP contribution in [0.4, 0.5) is 0 Å². The second kappa shape index (κ2) is 4.94. The molecule has 4 heteroatoms. The zero-order valence-corrected chi connectivity index (χ0v) is 11.2. The average molecular weight is 247 g/mol. The lowest BCUT2D eigenvalue weighted by Gasteiger charge is -2.05. The topological polar surface area (TPSA) is 43.8 Å². The molecule has 2 aromatic rings. The minimum absolute atomic E-state index is 0.536. The molecule has 0 saturated carbocycles. The van der Waals surface area contributed by atoms with Crippen molar-refractivity contribution in [2.75, 3.05) is 0 Å². The van der Waals surface area contributed by atoms with E-state index in [-0.39, 0.29) is 0 Å². The Morgan fingerprint density at radius 2 is 2.12 bits per heavy atom. The molecule has 2 rings (SSSR count). The van der Waals surface area contributed by atoms with Crippen LogP contribution in [-0.4, -0.2) is 9.78 Å². The van der Waals surface area contributed by atoms with Crippen LogP contribution in [0.5, 0.6) is 0 Å². The highest BCUT2D eigenvalue weighted by Crippen LogP contribution is 2.31. The lowest BCUT2D eigenvalue weighted by Crippen LogP contribution is -1.99. The molecule has 90 valence electrons. The van der Waals surface area contributed by atoms with Crippen LogP contribution in [0.3, 0.4) is 0 Å². The van der Waals surface area contributed by atoms with Crippen LogP contribution in [0.1, 0.15) is 16.8 Å². The van der Waals surface area contributed by atoms with Crippen LogP contribution in [0.25, 0.3) is 0 Å². The van der Waals surface area contributed by atoms with Gasteiger partial charge < -0.3 is 5.73 Å². The molecule has 1 aromatic carbocycles. The summed E-state index contributed by atoms with van der Waals surface area (Å²) in [6.45, 7) is 4.64. The highest BCUT2D eigenvalue weighted by atomic mass is 32.2. The van der Waals surface area contributed by atoms with Gasteiger partial charge >= 0.3 is 0 Å². The predicted molar refractivity (Wildman–Crippen MR) is 71.1 cm³/mol. The lowest BCUT2D eigenvalue weighted by atomic mass is 10.2. The van der Waals surface area contributed by atoms with Gasteiger partial charge in [-0.3, -0.25) is 4.68 Å². The Morgan fingerprint density at radius 1 is 1.35 bits per heavy atom. The average Bonchev–Trinajstić information content (AvgIpc) is 2.53. The number of rotatable bonds is 3. The molecule has 0 aliphatic rings. The number of aryl methyl sites for hydroxylation is 3. The first-order valence-electron chi connectivity index (χ1n) is 5.59. The van der Waals surface area contributed by atoms with Crippen molar-refractivity contribution in [1.29, 1.82) is 0 Å². The molecule has 1 heterocycles. The fraction of sp³-hybridized carbons (Fsp3) is 0.308. The van der Waals surface area contributed by atoms with E-state index in [4.69, 9.17) is 5.73 Å². The number of hydrogen-bond donors (Lipinski definition) is 1. The maximum Gasteiger partial charge on any atom is 0.103 e. The van der Waals surface area contributed by atoms with E-state index in [2.05, 4.69) is 36.3 Å². The fourth-order valence-corrected chi connectivity index (χ4v) is 2.98. The Hall–Kier alpha value is -1.26. The summed E-state index contributed by atoms with van der Waals surface area (Å²) in [7, 11) is 1.96. The van der Waals surface area contributed by atoms with Crippen molar-refractivity contribution >= 4 is 11.8 Å². The molecule has 0 radical (unpaired) electrons. The molecule has 17 heavy (non-hydrogen) atoms. The lowest BCUT2D eigenvalue weighted by molar-refractivity contribution is 0.688. The first kappa shape index (κ1) is 12.2. The summed E-state index contributed by atoms with van der Waals surface area (Å²) in [5.74, 6) is 0. The molecular formula is C13H17N3S. The molecule has 0 spiro atoms. The monoisotopic (exact) mass is 247 g/mol. The smallest absolute Gasteiger partial charge is 0.103 e. The minimum atomic E-state index is 0.536. The minimum Gasteiger partial charge on any atom is -0.326 e. The standard InChI is InChI=1S/C13H17N3S/c1-9-5-4-6-11(7-9)17-13-12(8-14)10(2)15-16(13)3/h4-7H,8,14H2,1-3H3. The first-order valence-corrected chi connectivity index (χ1v) is 6.40. The van der Waals surface area contributed by atoms with Crippen molar-refractivity contribution in [2.24, 2.45) is 12.8 Å². The van der Waals surface area contributed by atoms with Crippen molar-refractivity contribution in [3.63, 3.8) is 0 Å². The van der Waals surface area contributed by atoms with Gasteiger partial charge in [0.25, 0.3) is 0 Å². The molecule has 0 fully saturated rings. The number of benzene rings is 1. The second-order valence-corrected chi connectivity index (χ2v) is 5.18. The normalized spacial score (nSPS) is 10.8. The van der Waals surface area contributed by atoms with Gasteiger partial charge in [0.2, 0.25) is 0 Å². The van der Waals surface area contributed by atoms with E-state index in [0.29, 0.717) is 6.54 Å². The third-order valence-electron chi connectivity index (χ3n) is 2.70. The van der Waals surface area contributed by atoms with Gasteiger partial charge in [-0.15, -0.1) is 0 Å². The van der Waals surface area contributed by atoms with Crippen molar-refractivity contribution < 1.29 is 0 Å². The van der Waals surface area contributed by atoms with Gasteiger partial charge in [0.05, 0.1) is 5.69 Å². The quantitative estimate of drug-likeness (QED) is 0.906. The molecule has 3 nitrogen and oxygen atoms in total. The van der Waals surface area contributed by atoms with Crippen LogP contribution >= 0.6 is 11.8 Å². The predicted octanol–water partition coefficient (Wildman–Crippen LogP) is 2.65. The molecule has 0 saturated heterocycles. The highest BCUT2D eigenvalue weighted by molar-refractivity contribution is 7.99. The van der Waals surface area contributed by atoms with Gasteiger partial charge in [0, 0.05) is 24.1 Å². The van der Waals surface area contributed by atoms with Gasteiger partial charge in [-0.05, 0) is 26.0 Å². The molecule has 0 amide bonds.